The topological polar surface area (TPSA) is 60.2 Å². The Morgan fingerprint density at radius 1 is 1.17 bits per heavy atom. The fraction of sp³-hybridized carbons (Fsp3) is 0.235. The second-order valence-corrected chi connectivity index (χ2v) is 5.74. The van der Waals surface area contributed by atoms with Crippen molar-refractivity contribution < 1.29 is 4.79 Å². The molecule has 6 heteroatoms. The Labute approximate surface area is 139 Å². The number of hydrogen-bond acceptors (Lipinski definition) is 4. The van der Waals surface area contributed by atoms with Gasteiger partial charge in [0.05, 0.1) is 11.9 Å². The normalized spacial score (nSPS) is 14.4. The van der Waals surface area contributed by atoms with Crippen molar-refractivity contribution in [1.29, 1.82) is 5.26 Å². The summed E-state index contributed by atoms with van der Waals surface area (Å²) in [4.78, 5) is 20.6. The molecule has 0 radical (unpaired) electrons. The van der Waals surface area contributed by atoms with Gasteiger partial charge in [-0.15, -0.1) is 0 Å². The van der Waals surface area contributed by atoms with E-state index in [9.17, 15) is 4.79 Å². The van der Waals surface area contributed by atoms with Crippen LogP contribution in [0.4, 0.5) is 5.69 Å². The van der Waals surface area contributed by atoms with E-state index in [1.807, 2.05) is 17.0 Å². The summed E-state index contributed by atoms with van der Waals surface area (Å²) < 4.78 is 0. The van der Waals surface area contributed by atoms with Crippen LogP contribution in [-0.4, -0.2) is 42.0 Å². The summed E-state index contributed by atoms with van der Waals surface area (Å²) in [5.74, 6) is 0.00473. The van der Waals surface area contributed by atoms with Crippen LogP contribution >= 0.6 is 11.6 Å². The number of nitriles is 1. The van der Waals surface area contributed by atoms with Gasteiger partial charge in [-0.1, -0.05) is 17.7 Å². The first-order valence-electron chi connectivity index (χ1n) is 7.33. The van der Waals surface area contributed by atoms with Crippen molar-refractivity contribution in [1.82, 2.24) is 9.88 Å². The summed E-state index contributed by atoms with van der Waals surface area (Å²) in [6.45, 7) is 2.76. The Balaban J connectivity index is 1.64. The van der Waals surface area contributed by atoms with Gasteiger partial charge < -0.3 is 9.80 Å². The van der Waals surface area contributed by atoms with Gasteiger partial charge in [0.25, 0.3) is 5.91 Å². The Morgan fingerprint density at radius 3 is 2.57 bits per heavy atom. The van der Waals surface area contributed by atoms with Crippen molar-refractivity contribution in [2.75, 3.05) is 31.1 Å². The Kier molecular flexibility index (Phi) is 4.45. The van der Waals surface area contributed by atoms with Crippen LogP contribution in [0.15, 0.2) is 42.6 Å². The van der Waals surface area contributed by atoms with E-state index in [1.54, 1.807) is 36.5 Å². The van der Waals surface area contributed by atoms with Crippen LogP contribution in [0.2, 0.25) is 5.02 Å². The van der Waals surface area contributed by atoms with Crippen LogP contribution < -0.4 is 4.90 Å². The standard InChI is InChI=1S/C17H15ClN4O/c18-14-3-1-2-13(10-14)17(23)22-8-6-21(7-9-22)16-5-4-15(11-19)20-12-16/h1-5,10,12H,6-9H2. The number of piperazine rings is 1. The van der Waals surface area contributed by atoms with Crippen LogP contribution in [-0.2, 0) is 0 Å². The highest BCUT2D eigenvalue weighted by Gasteiger charge is 2.22. The van der Waals surface area contributed by atoms with Gasteiger partial charge in [-0.3, -0.25) is 4.79 Å². The molecule has 1 aliphatic heterocycles. The second kappa shape index (κ2) is 6.67. The zero-order valence-electron chi connectivity index (χ0n) is 12.4. The average molecular weight is 327 g/mol. The quantitative estimate of drug-likeness (QED) is 0.851. The molecule has 0 saturated carbocycles. The Bertz CT molecular complexity index is 746. The lowest BCUT2D eigenvalue weighted by Crippen LogP contribution is -2.48. The largest absolute Gasteiger partial charge is 0.367 e. The van der Waals surface area contributed by atoms with Crippen LogP contribution in [0, 0.1) is 11.3 Å². The monoisotopic (exact) mass is 326 g/mol. The molecular weight excluding hydrogens is 312 g/mol. The molecule has 1 saturated heterocycles. The summed E-state index contributed by atoms with van der Waals surface area (Å²) in [7, 11) is 0. The third-order valence-corrected chi connectivity index (χ3v) is 4.10. The molecule has 1 aromatic heterocycles. The first-order chi connectivity index (χ1) is 11.2. The maximum Gasteiger partial charge on any atom is 0.254 e. The predicted octanol–water partition coefficient (Wildman–Crippen LogP) is 2.57. The minimum absolute atomic E-state index is 0.00473. The molecule has 0 aliphatic carbocycles. The average Bonchev–Trinajstić information content (AvgIpc) is 2.61. The molecule has 1 amide bonds. The van der Waals surface area contributed by atoms with Gasteiger partial charge in [-0.2, -0.15) is 5.26 Å². The zero-order valence-corrected chi connectivity index (χ0v) is 13.2. The molecule has 0 bridgehead atoms. The van der Waals surface area contributed by atoms with Crippen LogP contribution in [0.5, 0.6) is 0 Å². The first-order valence-corrected chi connectivity index (χ1v) is 7.71. The van der Waals surface area contributed by atoms with Crippen molar-refractivity contribution in [2.24, 2.45) is 0 Å². The summed E-state index contributed by atoms with van der Waals surface area (Å²) >= 11 is 5.95. The molecule has 116 valence electrons. The van der Waals surface area contributed by atoms with Crippen molar-refractivity contribution in [3.8, 4) is 6.07 Å². The molecule has 2 heterocycles. The zero-order chi connectivity index (χ0) is 16.2. The van der Waals surface area contributed by atoms with E-state index in [2.05, 4.69) is 9.88 Å². The number of carbonyl (C=O) groups is 1. The van der Waals surface area contributed by atoms with Crippen molar-refractivity contribution >= 4 is 23.2 Å². The molecule has 5 nitrogen and oxygen atoms in total. The lowest BCUT2D eigenvalue weighted by Gasteiger charge is -2.36. The third-order valence-electron chi connectivity index (χ3n) is 3.87. The van der Waals surface area contributed by atoms with E-state index in [-0.39, 0.29) is 5.91 Å². The lowest BCUT2D eigenvalue weighted by molar-refractivity contribution is 0.0747. The molecule has 1 fully saturated rings. The van der Waals surface area contributed by atoms with Crippen molar-refractivity contribution in [3.05, 3.63) is 58.9 Å². The minimum atomic E-state index is 0.00473. The Hall–Kier alpha value is -2.58. The lowest BCUT2D eigenvalue weighted by atomic mass is 10.1. The maximum atomic E-state index is 12.5. The molecular formula is C17H15ClN4O. The highest BCUT2D eigenvalue weighted by molar-refractivity contribution is 6.30. The number of pyridine rings is 1. The number of hydrogen-bond donors (Lipinski definition) is 0. The molecule has 0 atom stereocenters. The Morgan fingerprint density at radius 2 is 1.96 bits per heavy atom. The summed E-state index contributed by atoms with van der Waals surface area (Å²) in [6, 6.07) is 12.6. The molecule has 3 rings (SSSR count). The van der Waals surface area contributed by atoms with Gasteiger partial charge in [-0.25, -0.2) is 4.98 Å². The number of carbonyl (C=O) groups excluding carboxylic acids is 1. The summed E-state index contributed by atoms with van der Waals surface area (Å²) in [5, 5.41) is 9.35. The maximum absolute atomic E-state index is 12.5. The van der Waals surface area contributed by atoms with Gasteiger partial charge in [-0.05, 0) is 30.3 Å². The van der Waals surface area contributed by atoms with E-state index in [0.717, 1.165) is 18.8 Å². The SMILES string of the molecule is N#Cc1ccc(N2CCN(C(=O)c3cccc(Cl)c3)CC2)cn1. The molecule has 1 aromatic carbocycles. The van der Waals surface area contributed by atoms with E-state index in [0.29, 0.717) is 29.4 Å². The molecule has 0 N–H and O–H groups in total. The number of halogens is 1. The van der Waals surface area contributed by atoms with E-state index in [1.165, 1.54) is 0 Å². The van der Waals surface area contributed by atoms with Gasteiger partial charge in [0, 0.05) is 36.8 Å². The van der Waals surface area contributed by atoms with Crippen molar-refractivity contribution in [2.45, 2.75) is 0 Å². The van der Waals surface area contributed by atoms with Gasteiger partial charge in [0.15, 0.2) is 0 Å². The minimum Gasteiger partial charge on any atom is -0.367 e. The molecule has 1 aliphatic rings. The highest BCUT2D eigenvalue weighted by atomic mass is 35.5. The van der Waals surface area contributed by atoms with E-state index >= 15 is 0 Å². The van der Waals surface area contributed by atoms with Crippen LogP contribution in [0.3, 0.4) is 0 Å². The van der Waals surface area contributed by atoms with E-state index < -0.39 is 0 Å². The molecule has 2 aromatic rings. The molecule has 23 heavy (non-hydrogen) atoms. The van der Waals surface area contributed by atoms with Crippen LogP contribution in [0.1, 0.15) is 16.1 Å². The first kappa shape index (κ1) is 15.3. The van der Waals surface area contributed by atoms with Crippen molar-refractivity contribution in [3.63, 3.8) is 0 Å². The predicted molar refractivity (Wildman–Crippen MR) is 88.5 cm³/mol. The highest BCUT2D eigenvalue weighted by Crippen LogP contribution is 2.18. The van der Waals surface area contributed by atoms with E-state index in [4.69, 9.17) is 16.9 Å². The number of nitrogens with zero attached hydrogens (tertiary/aromatic N) is 4. The second-order valence-electron chi connectivity index (χ2n) is 5.30. The third kappa shape index (κ3) is 3.43. The van der Waals surface area contributed by atoms with Gasteiger partial charge in [0.2, 0.25) is 0 Å². The van der Waals surface area contributed by atoms with Gasteiger partial charge >= 0.3 is 0 Å². The fourth-order valence-electron chi connectivity index (χ4n) is 2.61. The number of amides is 1. The summed E-state index contributed by atoms with van der Waals surface area (Å²) in [6.07, 6.45) is 1.70. The molecule has 0 spiro atoms. The number of anilines is 1. The molecule has 0 unspecified atom stereocenters. The summed E-state index contributed by atoms with van der Waals surface area (Å²) in [5.41, 5.74) is 1.99. The smallest absolute Gasteiger partial charge is 0.254 e. The number of aromatic nitrogens is 1. The van der Waals surface area contributed by atoms with Crippen LogP contribution in [0.25, 0.3) is 0 Å². The fourth-order valence-corrected chi connectivity index (χ4v) is 2.80. The van der Waals surface area contributed by atoms with Gasteiger partial charge in [0.1, 0.15) is 11.8 Å². The number of benzene rings is 1. The number of rotatable bonds is 2.